The van der Waals surface area contributed by atoms with E-state index in [1.807, 2.05) is 0 Å². The van der Waals surface area contributed by atoms with Crippen LogP contribution in [0.1, 0.15) is 24.1 Å². The van der Waals surface area contributed by atoms with Gasteiger partial charge in [-0.05, 0) is 24.6 Å². The summed E-state index contributed by atoms with van der Waals surface area (Å²) in [6.07, 6.45) is -5.26. The van der Waals surface area contributed by atoms with Crippen LogP contribution < -0.4 is 10.5 Å². The van der Waals surface area contributed by atoms with Gasteiger partial charge in [-0.25, -0.2) is 0 Å². The number of hydrogen-bond acceptors (Lipinski definition) is 4. The van der Waals surface area contributed by atoms with E-state index in [0.717, 1.165) is 6.07 Å². The summed E-state index contributed by atoms with van der Waals surface area (Å²) >= 11 is 0. The van der Waals surface area contributed by atoms with Gasteiger partial charge in [0.15, 0.2) is 11.5 Å². The zero-order valence-electron chi connectivity index (χ0n) is 10.6. The first-order valence-electron chi connectivity index (χ1n) is 5.69. The second-order valence-corrected chi connectivity index (χ2v) is 4.05. The fraction of sp³-hybridized carbons (Fsp3) is 0.417. The Labute approximate surface area is 112 Å². The number of rotatable bonds is 5. The summed E-state index contributed by atoms with van der Waals surface area (Å²) in [7, 11) is 0. The summed E-state index contributed by atoms with van der Waals surface area (Å²) in [6.45, 7) is 1.68. The zero-order chi connectivity index (χ0) is 15.5. The number of aromatic hydroxyl groups is 1. The molecule has 0 bridgehead atoms. The largest absolute Gasteiger partial charge is 0.504 e. The Morgan fingerprint density at radius 2 is 2.05 bits per heavy atom. The van der Waals surface area contributed by atoms with Crippen molar-refractivity contribution in [2.45, 2.75) is 25.6 Å². The summed E-state index contributed by atoms with van der Waals surface area (Å²) in [5.41, 5.74) is 4.50. The number of phenols is 1. The molecule has 0 heterocycles. The number of carboxylic acid groups (broad SMARTS) is 1. The molecule has 8 heteroatoms. The van der Waals surface area contributed by atoms with E-state index in [-0.39, 0.29) is 17.9 Å². The van der Waals surface area contributed by atoms with Gasteiger partial charge >= 0.3 is 12.1 Å². The molecule has 0 aliphatic rings. The molecular formula is C12H14F3NO4. The van der Waals surface area contributed by atoms with E-state index in [1.165, 1.54) is 6.07 Å². The number of carboxylic acids is 1. The van der Waals surface area contributed by atoms with Crippen LogP contribution in [0.5, 0.6) is 11.5 Å². The van der Waals surface area contributed by atoms with Crippen molar-refractivity contribution in [3.8, 4) is 11.5 Å². The Hall–Kier alpha value is -1.96. The molecule has 4 N–H and O–H groups in total. The van der Waals surface area contributed by atoms with Crippen LogP contribution in [0.2, 0.25) is 0 Å². The van der Waals surface area contributed by atoms with E-state index in [9.17, 15) is 23.1 Å². The number of alkyl halides is 3. The molecule has 112 valence electrons. The van der Waals surface area contributed by atoms with Gasteiger partial charge < -0.3 is 20.7 Å². The molecule has 1 aromatic rings. The van der Waals surface area contributed by atoms with E-state index >= 15 is 0 Å². The molecule has 0 aliphatic heterocycles. The van der Waals surface area contributed by atoms with Gasteiger partial charge in [-0.3, -0.25) is 4.79 Å². The molecule has 0 aromatic heterocycles. The van der Waals surface area contributed by atoms with Crippen molar-refractivity contribution in [3.05, 3.63) is 23.3 Å². The summed E-state index contributed by atoms with van der Waals surface area (Å²) < 4.78 is 42.9. The van der Waals surface area contributed by atoms with Crippen molar-refractivity contribution in [2.24, 2.45) is 5.73 Å². The molecule has 0 fully saturated rings. The number of hydrogen-bond donors (Lipinski definition) is 3. The molecule has 0 spiro atoms. The minimum atomic E-state index is -4.76. The van der Waals surface area contributed by atoms with Gasteiger partial charge in [-0.15, -0.1) is 0 Å². The number of ether oxygens (including phenoxy) is 1. The van der Waals surface area contributed by atoms with Crippen LogP contribution in [0.3, 0.4) is 0 Å². The van der Waals surface area contributed by atoms with Crippen molar-refractivity contribution >= 4 is 5.97 Å². The highest BCUT2D eigenvalue weighted by molar-refractivity contribution is 5.71. The van der Waals surface area contributed by atoms with Crippen LogP contribution in [0.15, 0.2) is 12.1 Å². The van der Waals surface area contributed by atoms with Crippen molar-refractivity contribution in [3.63, 3.8) is 0 Å². The number of nitrogens with two attached hydrogens (primary N) is 1. The van der Waals surface area contributed by atoms with Crippen LogP contribution in [0.4, 0.5) is 13.2 Å². The Kier molecular flexibility index (Phi) is 4.83. The van der Waals surface area contributed by atoms with Crippen LogP contribution in [0.25, 0.3) is 0 Å². The van der Waals surface area contributed by atoms with Crippen LogP contribution in [-0.4, -0.2) is 29.0 Å². The van der Waals surface area contributed by atoms with Gasteiger partial charge in [-0.1, -0.05) is 0 Å². The first-order valence-corrected chi connectivity index (χ1v) is 5.69. The SMILES string of the molecule is CCOc1cc(CC(=O)O)cc([C@H](N)C(F)(F)F)c1O. The van der Waals surface area contributed by atoms with E-state index in [4.69, 9.17) is 15.6 Å². The molecule has 0 aliphatic carbocycles. The number of halogens is 3. The van der Waals surface area contributed by atoms with Gasteiger partial charge in [0.1, 0.15) is 6.04 Å². The van der Waals surface area contributed by atoms with Crippen LogP contribution >= 0.6 is 0 Å². The van der Waals surface area contributed by atoms with Crippen molar-refractivity contribution < 1.29 is 32.9 Å². The lowest BCUT2D eigenvalue weighted by atomic mass is 10.0. The molecular weight excluding hydrogens is 279 g/mol. The third-order valence-corrected chi connectivity index (χ3v) is 2.51. The van der Waals surface area contributed by atoms with E-state index in [0.29, 0.717) is 0 Å². The lowest BCUT2D eigenvalue weighted by Gasteiger charge is -2.19. The number of carbonyl (C=O) groups is 1. The molecule has 20 heavy (non-hydrogen) atoms. The maximum atomic E-state index is 12.6. The topological polar surface area (TPSA) is 92.8 Å². The number of aliphatic carboxylic acids is 1. The Bertz CT molecular complexity index is 502. The van der Waals surface area contributed by atoms with Gasteiger partial charge in [-0.2, -0.15) is 13.2 Å². The number of phenolic OH excluding ortho intramolecular Hbond substituents is 1. The minimum absolute atomic E-state index is 0.0634. The third-order valence-electron chi connectivity index (χ3n) is 2.51. The smallest absolute Gasteiger partial charge is 0.407 e. The highest BCUT2D eigenvalue weighted by Crippen LogP contribution is 2.40. The molecule has 5 nitrogen and oxygen atoms in total. The molecule has 1 atom stereocenters. The Morgan fingerprint density at radius 3 is 2.50 bits per heavy atom. The minimum Gasteiger partial charge on any atom is -0.504 e. The van der Waals surface area contributed by atoms with E-state index in [1.54, 1.807) is 6.92 Å². The maximum absolute atomic E-state index is 12.6. The van der Waals surface area contributed by atoms with E-state index < -0.39 is 35.9 Å². The molecule has 0 radical (unpaired) electrons. The first kappa shape index (κ1) is 16.1. The van der Waals surface area contributed by atoms with Crippen molar-refractivity contribution in [1.82, 2.24) is 0 Å². The van der Waals surface area contributed by atoms with Gasteiger partial charge in [0.05, 0.1) is 13.0 Å². The normalized spacial score (nSPS) is 13.1. The lowest BCUT2D eigenvalue weighted by molar-refractivity contribution is -0.149. The molecule has 1 rings (SSSR count). The molecule has 1 aromatic carbocycles. The summed E-state index contributed by atoms with van der Waals surface area (Å²) in [4.78, 5) is 10.6. The quantitative estimate of drug-likeness (QED) is 0.772. The lowest BCUT2D eigenvalue weighted by Crippen LogP contribution is -2.28. The molecule has 0 unspecified atom stereocenters. The van der Waals surface area contributed by atoms with Gasteiger partial charge in [0.2, 0.25) is 0 Å². The van der Waals surface area contributed by atoms with Crippen molar-refractivity contribution in [2.75, 3.05) is 6.61 Å². The fourth-order valence-electron chi connectivity index (χ4n) is 1.64. The van der Waals surface area contributed by atoms with E-state index in [2.05, 4.69) is 0 Å². The predicted octanol–water partition coefficient (Wildman–Crippen LogP) is 1.98. The average Bonchev–Trinajstić information content (AvgIpc) is 2.30. The summed E-state index contributed by atoms with van der Waals surface area (Å²) in [5, 5.41) is 18.4. The monoisotopic (exact) mass is 293 g/mol. The van der Waals surface area contributed by atoms with Gasteiger partial charge in [0.25, 0.3) is 0 Å². The Morgan fingerprint density at radius 1 is 1.45 bits per heavy atom. The highest BCUT2D eigenvalue weighted by Gasteiger charge is 2.40. The summed E-state index contributed by atoms with van der Waals surface area (Å²) in [6, 6.07) is -0.320. The third kappa shape index (κ3) is 3.77. The maximum Gasteiger partial charge on any atom is 0.407 e. The molecule has 0 saturated heterocycles. The van der Waals surface area contributed by atoms with Crippen LogP contribution in [0, 0.1) is 0 Å². The molecule has 0 amide bonds. The van der Waals surface area contributed by atoms with Gasteiger partial charge in [0, 0.05) is 5.56 Å². The fourth-order valence-corrected chi connectivity index (χ4v) is 1.64. The van der Waals surface area contributed by atoms with Crippen LogP contribution in [-0.2, 0) is 11.2 Å². The van der Waals surface area contributed by atoms with Crippen molar-refractivity contribution in [1.29, 1.82) is 0 Å². The second kappa shape index (κ2) is 6.00. The second-order valence-electron chi connectivity index (χ2n) is 4.05. The highest BCUT2D eigenvalue weighted by atomic mass is 19.4. The average molecular weight is 293 g/mol. The standard InChI is InChI=1S/C12H14F3NO4/c1-2-20-8-4-6(5-9(17)18)3-7(10(8)19)11(16)12(13,14)15/h3-4,11,19H,2,5,16H2,1H3,(H,17,18)/t11-/m0/s1. The zero-order valence-corrected chi connectivity index (χ0v) is 10.6. The first-order chi connectivity index (χ1) is 9.16. The predicted molar refractivity (Wildman–Crippen MR) is 63.6 cm³/mol. The molecule has 0 saturated carbocycles. The Balaban J connectivity index is 3.33. The summed E-state index contributed by atoms with van der Waals surface area (Å²) in [5.74, 6) is -2.17. The number of benzene rings is 1.